The molecule has 2 aliphatic carbocycles. The first kappa shape index (κ1) is 13.9. The van der Waals surface area contributed by atoms with Crippen molar-refractivity contribution in [2.75, 3.05) is 0 Å². The molecule has 0 saturated heterocycles. The third-order valence-corrected chi connectivity index (χ3v) is 3.95. The molecule has 2 atom stereocenters. The van der Waals surface area contributed by atoms with E-state index in [0.717, 1.165) is 24.3 Å². The molecule has 2 aliphatic rings. The molecule has 0 radical (unpaired) electrons. The Morgan fingerprint density at radius 2 is 2.10 bits per heavy atom. The number of carbonyl (C=O) groups excluding carboxylic acids is 1. The molecule has 0 bridgehead atoms. The van der Waals surface area contributed by atoms with Gasteiger partial charge in [-0.25, -0.2) is 5.43 Å². The van der Waals surface area contributed by atoms with E-state index >= 15 is 0 Å². The fraction of sp³-hybridized carbons (Fsp3) is 0.412. The molecule has 1 saturated carbocycles. The molecular formula is C17H20N2O2. The minimum Gasteiger partial charge on any atom is -0.491 e. The summed E-state index contributed by atoms with van der Waals surface area (Å²) in [6.45, 7) is 3.95. The number of nitrogens with one attached hydrogen (secondary N) is 1. The van der Waals surface area contributed by atoms with Crippen LogP contribution in [0.2, 0.25) is 0 Å². The fourth-order valence-corrected chi connectivity index (χ4v) is 2.81. The zero-order valence-corrected chi connectivity index (χ0v) is 12.4. The Labute approximate surface area is 124 Å². The lowest BCUT2D eigenvalue weighted by molar-refractivity contribution is 0.0954. The zero-order valence-electron chi connectivity index (χ0n) is 12.4. The number of nitrogens with zero attached hydrogens (tertiary/aromatic N) is 1. The summed E-state index contributed by atoms with van der Waals surface area (Å²) in [5.74, 6) is 1.76. The van der Waals surface area contributed by atoms with Crippen LogP contribution in [0.1, 0.15) is 37.0 Å². The van der Waals surface area contributed by atoms with E-state index in [1.807, 2.05) is 26.0 Å². The summed E-state index contributed by atoms with van der Waals surface area (Å²) in [5, 5.41) is 4.27. The van der Waals surface area contributed by atoms with Gasteiger partial charge in [0.15, 0.2) is 0 Å². The summed E-state index contributed by atoms with van der Waals surface area (Å²) >= 11 is 0. The first-order chi connectivity index (χ1) is 10.1. The highest BCUT2D eigenvalue weighted by molar-refractivity contribution is 5.98. The normalized spacial score (nSPS) is 24.8. The van der Waals surface area contributed by atoms with E-state index in [9.17, 15) is 4.79 Å². The first-order valence-electron chi connectivity index (χ1n) is 7.43. The number of rotatable bonds is 4. The molecule has 1 aromatic rings. The van der Waals surface area contributed by atoms with Crippen molar-refractivity contribution in [3.63, 3.8) is 0 Å². The van der Waals surface area contributed by atoms with Crippen LogP contribution in [0, 0.1) is 11.8 Å². The van der Waals surface area contributed by atoms with E-state index in [-0.39, 0.29) is 12.0 Å². The monoisotopic (exact) mass is 284 g/mol. The second kappa shape index (κ2) is 5.72. The van der Waals surface area contributed by atoms with Crippen molar-refractivity contribution >= 4 is 11.6 Å². The Morgan fingerprint density at radius 1 is 1.33 bits per heavy atom. The highest BCUT2D eigenvalue weighted by Gasteiger charge is 2.37. The Morgan fingerprint density at radius 3 is 2.76 bits per heavy atom. The summed E-state index contributed by atoms with van der Waals surface area (Å²) in [4.78, 5) is 12.0. The molecule has 0 heterocycles. The lowest BCUT2D eigenvalue weighted by Crippen LogP contribution is -2.35. The molecule has 0 spiro atoms. The standard InChI is InChI=1S/C17H20N2O2/c1-11(2)21-14-8-6-12(7-9-14)17(20)19-18-16-10-13-4-3-5-15(13)16/h3-4,6-9,11,13,15H,5,10H2,1-2H3,(H,19,20)/b18-16-/t13-,15+/m0/s1. The number of hydrazone groups is 1. The van der Waals surface area contributed by atoms with Crippen LogP contribution in [0.3, 0.4) is 0 Å². The van der Waals surface area contributed by atoms with E-state index in [1.165, 1.54) is 0 Å². The molecular weight excluding hydrogens is 264 g/mol. The van der Waals surface area contributed by atoms with E-state index in [0.29, 0.717) is 17.4 Å². The predicted octanol–water partition coefficient (Wildman–Crippen LogP) is 3.16. The van der Waals surface area contributed by atoms with Gasteiger partial charge >= 0.3 is 0 Å². The van der Waals surface area contributed by atoms with Gasteiger partial charge in [-0.3, -0.25) is 4.79 Å². The van der Waals surface area contributed by atoms with Crippen LogP contribution in [-0.4, -0.2) is 17.7 Å². The number of allylic oxidation sites excluding steroid dienone is 2. The average Bonchev–Trinajstić information content (AvgIpc) is 2.80. The van der Waals surface area contributed by atoms with Crippen LogP contribution >= 0.6 is 0 Å². The van der Waals surface area contributed by atoms with Gasteiger partial charge in [-0.05, 0) is 56.9 Å². The molecule has 4 heteroatoms. The van der Waals surface area contributed by atoms with E-state index < -0.39 is 0 Å². The van der Waals surface area contributed by atoms with Gasteiger partial charge in [0.05, 0.1) is 6.10 Å². The molecule has 1 amide bonds. The second-order valence-corrected chi connectivity index (χ2v) is 5.87. The number of carbonyl (C=O) groups is 1. The molecule has 0 aromatic heterocycles. The molecule has 4 nitrogen and oxygen atoms in total. The van der Waals surface area contributed by atoms with Crippen LogP contribution in [0.15, 0.2) is 41.5 Å². The number of benzene rings is 1. The number of hydrogen-bond donors (Lipinski definition) is 1. The van der Waals surface area contributed by atoms with Gasteiger partial charge < -0.3 is 4.74 Å². The van der Waals surface area contributed by atoms with Gasteiger partial charge in [0.2, 0.25) is 0 Å². The average molecular weight is 284 g/mol. The predicted molar refractivity (Wildman–Crippen MR) is 82.5 cm³/mol. The zero-order chi connectivity index (χ0) is 14.8. The van der Waals surface area contributed by atoms with Gasteiger partial charge in [0.25, 0.3) is 5.91 Å². The highest BCUT2D eigenvalue weighted by Crippen LogP contribution is 2.40. The van der Waals surface area contributed by atoms with Crippen LogP contribution in [-0.2, 0) is 0 Å². The van der Waals surface area contributed by atoms with E-state index in [4.69, 9.17) is 4.74 Å². The summed E-state index contributed by atoms with van der Waals surface area (Å²) in [7, 11) is 0. The third-order valence-electron chi connectivity index (χ3n) is 3.95. The molecule has 1 N–H and O–H groups in total. The van der Waals surface area contributed by atoms with Crippen molar-refractivity contribution in [1.82, 2.24) is 5.43 Å². The summed E-state index contributed by atoms with van der Waals surface area (Å²) in [5.41, 5.74) is 4.36. The maximum atomic E-state index is 12.0. The first-order valence-corrected chi connectivity index (χ1v) is 7.43. The molecule has 1 aromatic carbocycles. The molecule has 0 aliphatic heterocycles. The largest absolute Gasteiger partial charge is 0.491 e. The fourth-order valence-electron chi connectivity index (χ4n) is 2.81. The Kier molecular flexibility index (Phi) is 3.78. The van der Waals surface area contributed by atoms with Crippen molar-refractivity contribution < 1.29 is 9.53 Å². The molecule has 110 valence electrons. The molecule has 3 rings (SSSR count). The Balaban J connectivity index is 1.57. The van der Waals surface area contributed by atoms with Crippen molar-refractivity contribution in [3.05, 3.63) is 42.0 Å². The Bertz CT molecular complexity index is 587. The quantitative estimate of drug-likeness (QED) is 0.682. The minimum absolute atomic E-state index is 0.127. The molecule has 0 unspecified atom stereocenters. The van der Waals surface area contributed by atoms with Crippen molar-refractivity contribution in [1.29, 1.82) is 0 Å². The summed E-state index contributed by atoms with van der Waals surface area (Å²) in [6.07, 6.45) is 6.61. The van der Waals surface area contributed by atoms with E-state index in [2.05, 4.69) is 22.7 Å². The Hall–Kier alpha value is -2.10. The summed E-state index contributed by atoms with van der Waals surface area (Å²) in [6, 6.07) is 7.13. The van der Waals surface area contributed by atoms with Crippen molar-refractivity contribution in [2.45, 2.75) is 32.8 Å². The number of ether oxygens (including phenoxy) is 1. The SMILES string of the molecule is CC(C)Oc1ccc(C(=O)N/N=C2/C[C@@H]3C=CC[C@@H]23)cc1. The van der Waals surface area contributed by atoms with Gasteiger partial charge in [-0.15, -0.1) is 0 Å². The maximum Gasteiger partial charge on any atom is 0.271 e. The van der Waals surface area contributed by atoms with Crippen LogP contribution in [0.5, 0.6) is 5.75 Å². The van der Waals surface area contributed by atoms with Crippen molar-refractivity contribution in [3.8, 4) is 5.75 Å². The van der Waals surface area contributed by atoms with Crippen molar-refractivity contribution in [2.24, 2.45) is 16.9 Å². The van der Waals surface area contributed by atoms with Gasteiger partial charge in [-0.1, -0.05) is 12.2 Å². The third kappa shape index (κ3) is 2.99. The summed E-state index contributed by atoms with van der Waals surface area (Å²) < 4.78 is 5.55. The van der Waals surface area contributed by atoms with E-state index in [1.54, 1.807) is 12.1 Å². The lowest BCUT2D eigenvalue weighted by Gasteiger charge is -2.31. The topological polar surface area (TPSA) is 50.7 Å². The molecule has 1 fully saturated rings. The van der Waals surface area contributed by atoms with Crippen LogP contribution in [0.4, 0.5) is 0 Å². The molecule has 21 heavy (non-hydrogen) atoms. The van der Waals surface area contributed by atoms with Gasteiger partial charge in [0.1, 0.15) is 5.75 Å². The number of hydrogen-bond acceptors (Lipinski definition) is 3. The maximum absolute atomic E-state index is 12.0. The van der Waals surface area contributed by atoms with Gasteiger partial charge in [-0.2, -0.15) is 5.10 Å². The van der Waals surface area contributed by atoms with Gasteiger partial charge in [0, 0.05) is 17.2 Å². The second-order valence-electron chi connectivity index (χ2n) is 5.87. The number of amides is 1. The minimum atomic E-state index is -0.173. The highest BCUT2D eigenvalue weighted by atomic mass is 16.5. The lowest BCUT2D eigenvalue weighted by atomic mass is 9.74. The van der Waals surface area contributed by atoms with Crippen LogP contribution in [0.25, 0.3) is 0 Å². The number of fused-ring (bicyclic) bond motifs is 1. The van der Waals surface area contributed by atoms with Crippen LogP contribution < -0.4 is 10.2 Å². The smallest absolute Gasteiger partial charge is 0.271 e.